The number of aliphatic hydroxyl groups excluding tert-OH is 1. The maximum atomic E-state index is 14.0. The summed E-state index contributed by atoms with van der Waals surface area (Å²) in [5.41, 5.74) is -1.99. The Morgan fingerprint density at radius 3 is 2.38 bits per heavy atom. The van der Waals surface area contributed by atoms with E-state index in [1.54, 1.807) is 31.2 Å². The minimum atomic E-state index is -2.06. The number of amides is 2. The molecule has 0 aromatic heterocycles. The van der Waals surface area contributed by atoms with Crippen molar-refractivity contribution in [3.05, 3.63) is 46.5 Å². The predicted molar refractivity (Wildman–Crippen MR) is 141 cm³/mol. The fourth-order valence-electron chi connectivity index (χ4n) is 6.18. The maximum Gasteiger partial charge on any atom is 0.277 e. The molecular formula is C27H34N2O7Si. The van der Waals surface area contributed by atoms with Gasteiger partial charge in [0.15, 0.2) is 8.32 Å². The van der Waals surface area contributed by atoms with Crippen molar-refractivity contribution >= 4 is 42.3 Å². The van der Waals surface area contributed by atoms with Crippen LogP contribution >= 0.6 is 0 Å². The van der Waals surface area contributed by atoms with Gasteiger partial charge >= 0.3 is 0 Å². The highest BCUT2D eigenvalue weighted by Gasteiger charge is 2.77. The number of aliphatic hydroxyl groups is 1. The van der Waals surface area contributed by atoms with Gasteiger partial charge in [-0.05, 0) is 43.6 Å². The summed E-state index contributed by atoms with van der Waals surface area (Å²) in [5, 5.41) is 23.4. The average molecular weight is 527 g/mol. The third-order valence-corrected chi connectivity index (χ3v) is 13.8. The lowest BCUT2D eigenvalue weighted by molar-refractivity contribution is -0.383. The largest absolute Gasteiger partial charge is 0.417 e. The normalized spacial score (nSPS) is 31.4. The van der Waals surface area contributed by atoms with Crippen LogP contribution in [0.4, 0.5) is 11.4 Å². The minimum absolute atomic E-state index is 0.0142. The van der Waals surface area contributed by atoms with Crippen molar-refractivity contribution in [3.63, 3.8) is 0 Å². The van der Waals surface area contributed by atoms with E-state index in [4.69, 9.17) is 9.16 Å². The summed E-state index contributed by atoms with van der Waals surface area (Å²) in [4.78, 5) is 40.1. The number of rotatable bonds is 6. The molecule has 37 heavy (non-hydrogen) atoms. The summed E-state index contributed by atoms with van der Waals surface area (Å²) >= 11 is 0. The van der Waals surface area contributed by atoms with E-state index >= 15 is 0 Å². The standard InChI is InChI=1S/C27H34N2O7Si/c1-25(2,3)37(5,6)35-14-13-27-15-20(30)26(4,36-27)21-22(27)24(32)28(23(21)31)18-11-12-19(29(33)34)17-10-8-7-9-16(17)18/h7-12,20-22,30H,13-15H2,1-6H3/t20-,21-,22+,26-,27?/m1/s1. The Morgan fingerprint density at radius 2 is 1.76 bits per heavy atom. The second-order valence-corrected chi connectivity index (χ2v) is 17.1. The van der Waals surface area contributed by atoms with E-state index in [0.29, 0.717) is 29.5 Å². The number of ether oxygens (including phenoxy) is 1. The number of nitrogens with zero attached hydrogens (tertiary/aromatic N) is 2. The van der Waals surface area contributed by atoms with Gasteiger partial charge in [0, 0.05) is 24.5 Å². The first-order valence-electron chi connectivity index (χ1n) is 12.7. The Hall–Kier alpha value is -2.66. The summed E-state index contributed by atoms with van der Waals surface area (Å²) in [6, 6.07) is 9.49. The number of non-ortho nitro benzene ring substituents is 1. The van der Waals surface area contributed by atoms with Gasteiger partial charge in [0.25, 0.3) is 5.69 Å². The quantitative estimate of drug-likeness (QED) is 0.254. The molecule has 0 radical (unpaired) electrons. The van der Waals surface area contributed by atoms with E-state index < -0.39 is 54.2 Å². The number of carbonyl (C=O) groups excluding carboxylic acids is 2. The fourth-order valence-corrected chi connectivity index (χ4v) is 7.22. The van der Waals surface area contributed by atoms with Gasteiger partial charge in [0.1, 0.15) is 5.60 Å². The summed E-state index contributed by atoms with van der Waals surface area (Å²) < 4.78 is 12.8. The molecule has 0 aliphatic carbocycles. The number of hydrogen-bond acceptors (Lipinski definition) is 7. The summed E-state index contributed by atoms with van der Waals surface area (Å²) in [7, 11) is -2.06. The third kappa shape index (κ3) is 3.60. The lowest BCUT2D eigenvalue weighted by Crippen LogP contribution is -2.50. The van der Waals surface area contributed by atoms with Crippen LogP contribution in [0.25, 0.3) is 10.8 Å². The van der Waals surface area contributed by atoms with Crippen LogP contribution in [-0.4, -0.2) is 54.1 Å². The molecule has 1 unspecified atom stereocenters. The first kappa shape index (κ1) is 26.0. The number of hydrogen-bond donors (Lipinski definition) is 1. The molecule has 10 heteroatoms. The predicted octanol–water partition coefficient (Wildman–Crippen LogP) is 4.56. The van der Waals surface area contributed by atoms with E-state index in [-0.39, 0.29) is 17.1 Å². The van der Waals surface area contributed by atoms with Crippen LogP contribution in [0.15, 0.2) is 36.4 Å². The van der Waals surface area contributed by atoms with Crippen LogP contribution in [0.5, 0.6) is 0 Å². The van der Waals surface area contributed by atoms with Crippen molar-refractivity contribution in [3.8, 4) is 0 Å². The number of nitro benzene ring substituents is 1. The van der Waals surface area contributed by atoms with E-state index in [1.165, 1.54) is 12.1 Å². The first-order valence-corrected chi connectivity index (χ1v) is 15.6. The van der Waals surface area contributed by atoms with Gasteiger partial charge in [-0.2, -0.15) is 0 Å². The van der Waals surface area contributed by atoms with Gasteiger partial charge in [-0.25, -0.2) is 4.90 Å². The van der Waals surface area contributed by atoms with E-state index in [0.717, 1.165) is 4.90 Å². The SMILES string of the molecule is CC(C)(C)[Si](C)(C)OCCC12C[C@@H](O)[C@@](C)(O1)[C@H]1C(=O)N(c3ccc([N+](=O)[O-])c4ccccc34)C(=O)[C@H]12. The summed E-state index contributed by atoms with van der Waals surface area (Å²) in [6.07, 6.45) is -0.257. The first-order chi connectivity index (χ1) is 17.1. The Kier molecular flexibility index (Phi) is 5.73. The van der Waals surface area contributed by atoms with Crippen LogP contribution in [0.1, 0.15) is 40.5 Å². The Balaban J connectivity index is 1.52. The highest BCUT2D eigenvalue weighted by molar-refractivity contribution is 6.74. The monoisotopic (exact) mass is 526 g/mol. The molecular weight excluding hydrogens is 492 g/mol. The zero-order chi connectivity index (χ0) is 27.1. The number of fused-ring (bicyclic) bond motifs is 6. The molecule has 5 atom stereocenters. The van der Waals surface area contributed by atoms with Crippen molar-refractivity contribution in [1.29, 1.82) is 0 Å². The fraction of sp³-hybridized carbons (Fsp3) is 0.556. The molecule has 5 rings (SSSR count). The van der Waals surface area contributed by atoms with E-state index in [2.05, 4.69) is 33.9 Å². The highest BCUT2D eigenvalue weighted by Crippen LogP contribution is 2.62. The number of carbonyl (C=O) groups is 2. The molecule has 2 aromatic carbocycles. The highest BCUT2D eigenvalue weighted by atomic mass is 28.4. The van der Waals surface area contributed by atoms with Crippen molar-refractivity contribution < 1.29 is 28.8 Å². The van der Waals surface area contributed by atoms with Gasteiger partial charge in [-0.15, -0.1) is 0 Å². The van der Waals surface area contributed by atoms with Crippen LogP contribution in [0.2, 0.25) is 18.1 Å². The molecule has 3 heterocycles. The third-order valence-electron chi connectivity index (χ3n) is 9.22. The molecule has 3 aliphatic heterocycles. The van der Waals surface area contributed by atoms with Crippen molar-refractivity contribution in [2.75, 3.05) is 11.5 Å². The molecule has 9 nitrogen and oxygen atoms in total. The van der Waals surface area contributed by atoms with Gasteiger partial charge in [0.05, 0.1) is 39.5 Å². The van der Waals surface area contributed by atoms with Crippen LogP contribution in [0.3, 0.4) is 0 Å². The number of benzene rings is 2. The molecule has 3 fully saturated rings. The zero-order valence-electron chi connectivity index (χ0n) is 22.1. The van der Waals surface area contributed by atoms with Gasteiger partial charge in [0.2, 0.25) is 11.8 Å². The molecule has 0 saturated carbocycles. The molecule has 3 saturated heterocycles. The lowest BCUT2D eigenvalue weighted by atomic mass is 9.66. The average Bonchev–Trinajstić information content (AvgIpc) is 3.33. The van der Waals surface area contributed by atoms with E-state index in [1.807, 2.05) is 0 Å². The van der Waals surface area contributed by atoms with Crippen LogP contribution in [-0.2, 0) is 18.8 Å². The minimum Gasteiger partial charge on any atom is -0.417 e. The summed E-state index contributed by atoms with van der Waals surface area (Å²) in [5.74, 6) is -2.43. The number of imide groups is 1. The molecule has 3 aliphatic rings. The second kappa shape index (κ2) is 8.17. The van der Waals surface area contributed by atoms with E-state index in [9.17, 15) is 24.8 Å². The van der Waals surface area contributed by atoms with Crippen LogP contribution < -0.4 is 4.90 Å². The number of nitro groups is 1. The van der Waals surface area contributed by atoms with Gasteiger partial charge < -0.3 is 14.3 Å². The molecule has 0 spiro atoms. The molecule has 2 aromatic rings. The van der Waals surface area contributed by atoms with Crippen molar-refractivity contribution in [2.45, 2.75) is 76.0 Å². The molecule has 2 amide bonds. The maximum absolute atomic E-state index is 14.0. The Morgan fingerprint density at radius 1 is 1.14 bits per heavy atom. The van der Waals surface area contributed by atoms with Gasteiger partial charge in [-0.1, -0.05) is 39.0 Å². The second-order valence-electron chi connectivity index (χ2n) is 12.3. The smallest absolute Gasteiger partial charge is 0.277 e. The lowest BCUT2D eigenvalue weighted by Gasteiger charge is -2.38. The zero-order valence-corrected chi connectivity index (χ0v) is 23.1. The molecule has 198 valence electrons. The summed E-state index contributed by atoms with van der Waals surface area (Å²) in [6.45, 7) is 12.8. The Bertz CT molecular complexity index is 1320. The van der Waals surface area contributed by atoms with Crippen molar-refractivity contribution in [1.82, 2.24) is 0 Å². The van der Waals surface area contributed by atoms with Gasteiger partial charge in [-0.3, -0.25) is 19.7 Å². The molecule has 2 bridgehead atoms. The topological polar surface area (TPSA) is 119 Å². The Labute approximate surface area is 217 Å². The van der Waals surface area contributed by atoms with Crippen molar-refractivity contribution in [2.24, 2.45) is 11.8 Å². The van der Waals surface area contributed by atoms with Crippen LogP contribution in [0, 0.1) is 22.0 Å². The molecule has 1 N–H and O–H groups in total. The number of anilines is 1.